The predicted molar refractivity (Wildman–Crippen MR) is 103 cm³/mol. The molecule has 0 aliphatic carbocycles. The molecule has 0 saturated heterocycles. The quantitative estimate of drug-likeness (QED) is 0.278. The van der Waals surface area contributed by atoms with E-state index < -0.39 is 0 Å². The molecule has 2 N–H and O–H groups in total. The molecule has 0 aliphatic heterocycles. The largest absolute Gasteiger partial charge is 0.357 e. The summed E-state index contributed by atoms with van der Waals surface area (Å²) in [5, 5.41) is 14.7. The molecule has 1 aromatic rings. The Kier molecular flexibility index (Phi) is 12.2. The van der Waals surface area contributed by atoms with Crippen LogP contribution in [0.15, 0.2) is 11.3 Å². The van der Waals surface area contributed by atoms with Crippen molar-refractivity contribution in [2.45, 2.75) is 53.5 Å². The van der Waals surface area contributed by atoms with Gasteiger partial charge in [-0.3, -0.25) is 4.99 Å². The maximum atomic E-state index is 4.60. The number of aryl methyl sites for hydroxylation is 1. The van der Waals surface area contributed by atoms with Gasteiger partial charge in [-0.1, -0.05) is 20.8 Å². The van der Waals surface area contributed by atoms with Gasteiger partial charge < -0.3 is 15.2 Å². The Morgan fingerprint density at radius 3 is 2.73 bits per heavy atom. The van der Waals surface area contributed by atoms with Crippen molar-refractivity contribution in [3.63, 3.8) is 0 Å². The number of rotatable bonds is 9. The zero-order chi connectivity index (χ0) is 15.5. The second kappa shape index (κ2) is 12.7. The van der Waals surface area contributed by atoms with Crippen molar-refractivity contribution in [2.75, 3.05) is 19.6 Å². The molecule has 0 spiro atoms. The maximum absolute atomic E-state index is 4.60. The molecule has 0 fully saturated rings. The highest BCUT2D eigenvalue weighted by molar-refractivity contribution is 14.0. The number of hydrogen-bond acceptors (Lipinski definition) is 3. The normalized spacial score (nSPS) is 11.4. The fraction of sp³-hybridized carbons (Fsp3) is 0.800. The van der Waals surface area contributed by atoms with Crippen molar-refractivity contribution in [3.05, 3.63) is 12.2 Å². The van der Waals surface area contributed by atoms with Gasteiger partial charge in [-0.2, -0.15) is 0 Å². The van der Waals surface area contributed by atoms with Gasteiger partial charge in [0.15, 0.2) is 5.96 Å². The van der Waals surface area contributed by atoms with Gasteiger partial charge in [0.1, 0.15) is 12.2 Å². The Labute approximate surface area is 151 Å². The number of nitrogens with one attached hydrogen (secondary N) is 2. The van der Waals surface area contributed by atoms with Gasteiger partial charge in [0.05, 0.1) is 0 Å². The molecule has 0 aliphatic rings. The molecule has 0 saturated carbocycles. The van der Waals surface area contributed by atoms with Crippen molar-refractivity contribution < 1.29 is 0 Å². The van der Waals surface area contributed by atoms with Crippen LogP contribution in [0.25, 0.3) is 0 Å². The monoisotopic (exact) mass is 422 g/mol. The van der Waals surface area contributed by atoms with E-state index in [1.807, 2.05) is 0 Å². The van der Waals surface area contributed by atoms with Crippen LogP contribution in [0.4, 0.5) is 0 Å². The lowest BCUT2D eigenvalue weighted by molar-refractivity contribution is 0.560. The Bertz CT molecular complexity index is 416. The molecular formula is C15H31IN6. The van der Waals surface area contributed by atoms with Crippen LogP contribution < -0.4 is 10.6 Å². The average molecular weight is 422 g/mol. The molecule has 0 atom stereocenters. The molecule has 7 heteroatoms. The lowest BCUT2D eigenvalue weighted by Crippen LogP contribution is -2.39. The second-order valence-electron chi connectivity index (χ2n) is 5.52. The van der Waals surface area contributed by atoms with Gasteiger partial charge in [-0.15, -0.1) is 34.2 Å². The summed E-state index contributed by atoms with van der Waals surface area (Å²) in [5.41, 5.74) is 0. The number of aromatic nitrogens is 3. The van der Waals surface area contributed by atoms with Gasteiger partial charge in [0.2, 0.25) is 0 Å². The number of hydrogen-bond donors (Lipinski definition) is 2. The summed E-state index contributed by atoms with van der Waals surface area (Å²) in [4.78, 5) is 4.60. The van der Waals surface area contributed by atoms with E-state index in [1.165, 1.54) is 6.42 Å². The Balaban J connectivity index is 0.00000441. The standard InChI is InChI=1S/C15H30N6.HI/c1-5-14-20-19-12-21(14)11-10-18-15(16-6-2)17-9-7-8-13(3)4;/h12-13H,5-11H2,1-4H3,(H2,16,17,18);1H. The first-order valence-corrected chi connectivity index (χ1v) is 8.06. The SMILES string of the molecule is CCNC(=NCCCC(C)C)NCCn1cnnc1CC.I. The van der Waals surface area contributed by atoms with Gasteiger partial charge in [-0.25, -0.2) is 0 Å². The van der Waals surface area contributed by atoms with Gasteiger partial charge in [0.25, 0.3) is 0 Å². The van der Waals surface area contributed by atoms with Gasteiger partial charge in [-0.05, 0) is 25.7 Å². The summed E-state index contributed by atoms with van der Waals surface area (Å²) in [6.45, 7) is 12.1. The third kappa shape index (κ3) is 8.55. The average Bonchev–Trinajstić information content (AvgIpc) is 2.90. The van der Waals surface area contributed by atoms with Crippen molar-refractivity contribution in [1.29, 1.82) is 0 Å². The summed E-state index contributed by atoms with van der Waals surface area (Å²) < 4.78 is 2.08. The van der Waals surface area contributed by atoms with Crippen LogP contribution in [0.3, 0.4) is 0 Å². The van der Waals surface area contributed by atoms with Crippen LogP contribution in [0.1, 0.15) is 46.4 Å². The van der Waals surface area contributed by atoms with Crippen molar-refractivity contribution in [3.8, 4) is 0 Å². The van der Waals surface area contributed by atoms with E-state index in [4.69, 9.17) is 0 Å². The Hall–Kier alpha value is -0.860. The fourth-order valence-electron chi connectivity index (χ4n) is 2.07. The van der Waals surface area contributed by atoms with Crippen molar-refractivity contribution >= 4 is 29.9 Å². The molecule has 0 radical (unpaired) electrons. The molecule has 0 aromatic carbocycles. The Morgan fingerprint density at radius 1 is 1.32 bits per heavy atom. The van der Waals surface area contributed by atoms with E-state index in [9.17, 15) is 0 Å². The number of nitrogens with zero attached hydrogens (tertiary/aromatic N) is 4. The van der Waals surface area contributed by atoms with Gasteiger partial charge in [0, 0.05) is 32.6 Å². The summed E-state index contributed by atoms with van der Waals surface area (Å²) in [5.74, 6) is 2.67. The van der Waals surface area contributed by atoms with Crippen LogP contribution in [0.2, 0.25) is 0 Å². The highest BCUT2D eigenvalue weighted by Gasteiger charge is 2.02. The predicted octanol–water partition coefficient (Wildman–Crippen LogP) is 2.45. The minimum Gasteiger partial charge on any atom is -0.357 e. The molecule has 1 aromatic heterocycles. The van der Waals surface area contributed by atoms with Crippen LogP contribution in [0.5, 0.6) is 0 Å². The zero-order valence-electron chi connectivity index (χ0n) is 14.3. The van der Waals surface area contributed by atoms with E-state index in [0.717, 1.165) is 56.7 Å². The van der Waals surface area contributed by atoms with E-state index >= 15 is 0 Å². The van der Waals surface area contributed by atoms with Crippen LogP contribution in [-0.4, -0.2) is 40.4 Å². The third-order valence-electron chi connectivity index (χ3n) is 3.21. The smallest absolute Gasteiger partial charge is 0.191 e. The molecule has 128 valence electrons. The zero-order valence-corrected chi connectivity index (χ0v) is 16.6. The van der Waals surface area contributed by atoms with E-state index in [-0.39, 0.29) is 24.0 Å². The van der Waals surface area contributed by atoms with Crippen LogP contribution >= 0.6 is 24.0 Å². The molecular weight excluding hydrogens is 391 g/mol. The first-order chi connectivity index (χ1) is 10.2. The summed E-state index contributed by atoms with van der Waals surface area (Å²) >= 11 is 0. The minimum atomic E-state index is 0. The lowest BCUT2D eigenvalue weighted by atomic mass is 10.1. The Morgan fingerprint density at radius 2 is 2.09 bits per heavy atom. The molecule has 22 heavy (non-hydrogen) atoms. The second-order valence-corrected chi connectivity index (χ2v) is 5.52. The highest BCUT2D eigenvalue weighted by atomic mass is 127. The summed E-state index contributed by atoms with van der Waals surface area (Å²) in [6, 6.07) is 0. The van der Waals surface area contributed by atoms with E-state index in [1.54, 1.807) is 6.33 Å². The fourth-order valence-corrected chi connectivity index (χ4v) is 2.07. The maximum Gasteiger partial charge on any atom is 0.191 e. The van der Waals surface area contributed by atoms with Crippen molar-refractivity contribution in [1.82, 2.24) is 25.4 Å². The number of aliphatic imine (C=N–C) groups is 1. The lowest BCUT2D eigenvalue weighted by Gasteiger charge is -2.12. The minimum absolute atomic E-state index is 0. The third-order valence-corrected chi connectivity index (χ3v) is 3.21. The first-order valence-electron chi connectivity index (χ1n) is 8.06. The first kappa shape index (κ1) is 21.1. The molecule has 0 bridgehead atoms. The molecule has 0 unspecified atom stereocenters. The van der Waals surface area contributed by atoms with Crippen LogP contribution in [-0.2, 0) is 13.0 Å². The number of guanidine groups is 1. The van der Waals surface area contributed by atoms with Gasteiger partial charge >= 0.3 is 0 Å². The summed E-state index contributed by atoms with van der Waals surface area (Å²) in [6.07, 6.45) is 5.06. The topological polar surface area (TPSA) is 67.1 Å². The molecule has 1 heterocycles. The molecule has 0 amide bonds. The molecule has 6 nitrogen and oxygen atoms in total. The molecule has 1 rings (SSSR count). The van der Waals surface area contributed by atoms with E-state index in [0.29, 0.717) is 0 Å². The highest BCUT2D eigenvalue weighted by Crippen LogP contribution is 2.02. The van der Waals surface area contributed by atoms with E-state index in [2.05, 4.69) is 58.1 Å². The summed E-state index contributed by atoms with van der Waals surface area (Å²) in [7, 11) is 0. The van der Waals surface area contributed by atoms with Crippen molar-refractivity contribution in [2.24, 2.45) is 10.9 Å². The number of halogens is 1. The van der Waals surface area contributed by atoms with Crippen LogP contribution in [0, 0.1) is 5.92 Å².